The van der Waals surface area contributed by atoms with Crippen LogP contribution in [0.2, 0.25) is 0 Å². The minimum Gasteiger partial charge on any atom is -0.358 e. The molecule has 1 aliphatic heterocycles. The van der Waals surface area contributed by atoms with Crippen LogP contribution in [0, 0.1) is 6.92 Å². The van der Waals surface area contributed by atoms with E-state index in [4.69, 9.17) is 5.10 Å². The highest BCUT2D eigenvalue weighted by Crippen LogP contribution is 2.40. The predicted molar refractivity (Wildman–Crippen MR) is 138 cm³/mol. The zero-order chi connectivity index (χ0) is 24.2. The summed E-state index contributed by atoms with van der Waals surface area (Å²) in [4.78, 5) is 15.6. The summed E-state index contributed by atoms with van der Waals surface area (Å²) in [5.41, 5.74) is 7.49. The number of amides is 1. The maximum Gasteiger partial charge on any atom is 0.241 e. The fourth-order valence-electron chi connectivity index (χ4n) is 5.42. The summed E-state index contributed by atoms with van der Waals surface area (Å²) in [6, 6.07) is 19.0. The molecule has 1 N–H and O–H groups in total. The Balaban J connectivity index is 1.71. The number of likely N-dealkylation sites (N-methyl/N-ethyl adjacent to an activating group) is 1. The van der Waals surface area contributed by atoms with Crippen molar-refractivity contribution >= 4 is 5.91 Å². The standard InChI is InChI=1S/C29H38N4O/c1-6-33-26-18-19-32(28(29(34)30-5)24-10-8-7-9-11-24)25(27(26)21(4)31-33)17-14-22-12-15-23(16-13-22)20(2)3/h7-13,15-16,20,25,28H,6,14,17-19H2,1-5H3,(H,30,34)/t25-,28+/m0/s1. The van der Waals surface area contributed by atoms with Crippen LogP contribution >= 0.6 is 0 Å². The van der Waals surface area contributed by atoms with Gasteiger partial charge in [-0.3, -0.25) is 14.4 Å². The number of rotatable bonds is 8. The van der Waals surface area contributed by atoms with Crippen LogP contribution in [0.4, 0.5) is 0 Å². The van der Waals surface area contributed by atoms with Crippen LogP contribution < -0.4 is 5.32 Å². The van der Waals surface area contributed by atoms with E-state index in [9.17, 15) is 4.79 Å². The number of nitrogens with one attached hydrogen (secondary N) is 1. The summed E-state index contributed by atoms with van der Waals surface area (Å²) in [5.74, 6) is 0.577. The van der Waals surface area contributed by atoms with Crippen molar-refractivity contribution in [2.75, 3.05) is 13.6 Å². The third kappa shape index (κ3) is 4.80. The molecular formula is C29H38N4O. The zero-order valence-electron chi connectivity index (χ0n) is 21.2. The molecule has 5 heteroatoms. The van der Waals surface area contributed by atoms with Gasteiger partial charge in [-0.15, -0.1) is 0 Å². The molecule has 5 nitrogen and oxygen atoms in total. The van der Waals surface area contributed by atoms with Gasteiger partial charge in [0.2, 0.25) is 5.91 Å². The van der Waals surface area contributed by atoms with Crippen molar-refractivity contribution in [3.05, 3.63) is 88.2 Å². The van der Waals surface area contributed by atoms with E-state index < -0.39 is 0 Å². The SMILES string of the molecule is CCn1nc(C)c2c1CCN([C@@H](C(=O)NC)c1ccccc1)[C@H]2CCc1ccc(C(C)C)cc1. The van der Waals surface area contributed by atoms with Gasteiger partial charge < -0.3 is 5.32 Å². The first-order chi connectivity index (χ1) is 16.4. The van der Waals surface area contributed by atoms with Crippen LogP contribution in [-0.4, -0.2) is 34.2 Å². The summed E-state index contributed by atoms with van der Waals surface area (Å²) < 4.78 is 2.16. The van der Waals surface area contributed by atoms with Crippen molar-refractivity contribution in [2.45, 2.75) is 71.5 Å². The largest absolute Gasteiger partial charge is 0.358 e. The molecule has 1 amide bonds. The first-order valence-electron chi connectivity index (χ1n) is 12.6. The second kappa shape index (κ2) is 10.6. The predicted octanol–water partition coefficient (Wildman–Crippen LogP) is 5.35. The number of hydrogen-bond acceptors (Lipinski definition) is 3. The van der Waals surface area contributed by atoms with Crippen molar-refractivity contribution in [1.29, 1.82) is 0 Å². The molecule has 0 saturated carbocycles. The Morgan fingerprint density at radius 3 is 2.41 bits per heavy atom. The Bertz CT molecular complexity index is 1100. The zero-order valence-corrected chi connectivity index (χ0v) is 21.2. The molecule has 2 heterocycles. The Labute approximate surface area is 204 Å². The summed E-state index contributed by atoms with van der Waals surface area (Å²) in [6.07, 6.45) is 2.82. The second-order valence-electron chi connectivity index (χ2n) is 9.63. The van der Waals surface area contributed by atoms with Gasteiger partial charge in [-0.1, -0.05) is 68.4 Å². The summed E-state index contributed by atoms with van der Waals surface area (Å²) >= 11 is 0. The van der Waals surface area contributed by atoms with Crippen LogP contribution in [0.3, 0.4) is 0 Å². The molecule has 2 aromatic carbocycles. The van der Waals surface area contributed by atoms with Crippen LogP contribution in [0.25, 0.3) is 0 Å². The molecule has 0 saturated heterocycles. The van der Waals surface area contributed by atoms with Gasteiger partial charge in [-0.2, -0.15) is 5.10 Å². The van der Waals surface area contributed by atoms with Crippen LogP contribution in [0.15, 0.2) is 54.6 Å². The van der Waals surface area contributed by atoms with E-state index in [-0.39, 0.29) is 18.0 Å². The van der Waals surface area contributed by atoms with Crippen molar-refractivity contribution in [2.24, 2.45) is 0 Å². The average molecular weight is 459 g/mol. The van der Waals surface area contributed by atoms with Gasteiger partial charge in [0, 0.05) is 43.9 Å². The lowest BCUT2D eigenvalue weighted by Gasteiger charge is -2.41. The van der Waals surface area contributed by atoms with Crippen molar-refractivity contribution < 1.29 is 4.79 Å². The molecule has 3 aromatic rings. The Kier molecular flexibility index (Phi) is 7.52. The number of nitrogens with zero attached hydrogens (tertiary/aromatic N) is 3. The van der Waals surface area contributed by atoms with Gasteiger partial charge in [-0.05, 0) is 49.3 Å². The van der Waals surface area contributed by atoms with Gasteiger partial charge in [0.15, 0.2) is 0 Å². The number of aryl methyl sites for hydroxylation is 3. The molecule has 1 aliphatic rings. The quantitative estimate of drug-likeness (QED) is 0.495. The molecule has 0 bridgehead atoms. The molecule has 2 atom stereocenters. The minimum atomic E-state index is -0.322. The number of benzene rings is 2. The average Bonchev–Trinajstić information content (AvgIpc) is 3.19. The fraction of sp³-hybridized carbons (Fsp3) is 0.448. The Morgan fingerprint density at radius 2 is 1.79 bits per heavy atom. The molecule has 0 radical (unpaired) electrons. The summed E-state index contributed by atoms with van der Waals surface area (Å²) in [6.45, 7) is 10.4. The van der Waals surface area contributed by atoms with Gasteiger partial charge in [0.05, 0.1) is 5.69 Å². The molecule has 4 rings (SSSR count). The van der Waals surface area contributed by atoms with Crippen LogP contribution in [0.5, 0.6) is 0 Å². The molecule has 34 heavy (non-hydrogen) atoms. The summed E-state index contributed by atoms with van der Waals surface area (Å²) in [5, 5.41) is 7.79. The Hall–Kier alpha value is -2.92. The highest BCUT2D eigenvalue weighted by molar-refractivity contribution is 5.83. The molecule has 0 spiro atoms. The first-order valence-corrected chi connectivity index (χ1v) is 12.6. The second-order valence-corrected chi connectivity index (χ2v) is 9.63. The minimum absolute atomic E-state index is 0.0430. The topological polar surface area (TPSA) is 50.2 Å². The first kappa shape index (κ1) is 24.2. The third-order valence-electron chi connectivity index (χ3n) is 7.22. The highest BCUT2D eigenvalue weighted by atomic mass is 16.2. The lowest BCUT2D eigenvalue weighted by molar-refractivity contribution is -0.127. The van der Waals surface area contributed by atoms with Crippen LogP contribution in [0.1, 0.15) is 78.8 Å². The molecule has 0 fully saturated rings. The van der Waals surface area contributed by atoms with E-state index in [1.165, 1.54) is 22.4 Å². The maximum atomic E-state index is 13.2. The maximum absolute atomic E-state index is 13.2. The number of hydrogen-bond donors (Lipinski definition) is 1. The smallest absolute Gasteiger partial charge is 0.241 e. The molecule has 0 unspecified atom stereocenters. The molecule has 1 aromatic heterocycles. The van der Waals surface area contributed by atoms with E-state index in [1.54, 1.807) is 7.05 Å². The normalized spacial score (nSPS) is 16.9. The van der Waals surface area contributed by atoms with Gasteiger partial charge in [0.1, 0.15) is 6.04 Å². The summed E-state index contributed by atoms with van der Waals surface area (Å²) in [7, 11) is 1.74. The van der Waals surface area contributed by atoms with Gasteiger partial charge >= 0.3 is 0 Å². The van der Waals surface area contributed by atoms with E-state index in [0.717, 1.165) is 43.6 Å². The highest BCUT2D eigenvalue weighted by Gasteiger charge is 2.38. The van der Waals surface area contributed by atoms with Crippen LogP contribution in [-0.2, 0) is 24.2 Å². The third-order valence-corrected chi connectivity index (χ3v) is 7.22. The molecule has 180 valence electrons. The van der Waals surface area contributed by atoms with E-state index >= 15 is 0 Å². The van der Waals surface area contributed by atoms with E-state index in [1.807, 2.05) is 18.2 Å². The van der Waals surface area contributed by atoms with Gasteiger partial charge in [0.25, 0.3) is 0 Å². The van der Waals surface area contributed by atoms with Crippen molar-refractivity contribution in [1.82, 2.24) is 20.0 Å². The van der Waals surface area contributed by atoms with E-state index in [2.05, 4.69) is 79.0 Å². The molecule has 0 aliphatic carbocycles. The van der Waals surface area contributed by atoms with Crippen molar-refractivity contribution in [3.8, 4) is 0 Å². The van der Waals surface area contributed by atoms with Gasteiger partial charge in [-0.25, -0.2) is 0 Å². The number of fused-ring (bicyclic) bond motifs is 1. The monoisotopic (exact) mass is 458 g/mol. The Morgan fingerprint density at radius 1 is 1.09 bits per heavy atom. The fourth-order valence-corrected chi connectivity index (χ4v) is 5.42. The lowest BCUT2D eigenvalue weighted by Crippen LogP contribution is -2.45. The van der Waals surface area contributed by atoms with E-state index in [0.29, 0.717) is 5.92 Å². The van der Waals surface area contributed by atoms with Crippen molar-refractivity contribution in [3.63, 3.8) is 0 Å². The number of aromatic nitrogens is 2. The molecular weight excluding hydrogens is 420 g/mol. The lowest BCUT2D eigenvalue weighted by atomic mass is 9.88. The number of carbonyl (C=O) groups is 1. The number of carbonyl (C=O) groups excluding carboxylic acids is 1.